The number of cyclic esters (lactones) is 1. The number of benzene rings is 2. The van der Waals surface area contributed by atoms with Gasteiger partial charge >= 0.3 is 5.97 Å². The van der Waals surface area contributed by atoms with Crippen molar-refractivity contribution in [2.75, 3.05) is 7.11 Å². The van der Waals surface area contributed by atoms with E-state index in [0.29, 0.717) is 23.9 Å². The van der Waals surface area contributed by atoms with Crippen molar-refractivity contribution in [1.29, 1.82) is 0 Å². The van der Waals surface area contributed by atoms with E-state index in [1.807, 2.05) is 48.5 Å². The van der Waals surface area contributed by atoms with Crippen LogP contribution in [0.4, 0.5) is 0 Å². The van der Waals surface area contributed by atoms with E-state index >= 15 is 0 Å². The van der Waals surface area contributed by atoms with Crippen molar-refractivity contribution in [2.24, 2.45) is 4.99 Å². The van der Waals surface area contributed by atoms with Gasteiger partial charge in [-0.1, -0.05) is 50.2 Å². The van der Waals surface area contributed by atoms with E-state index in [9.17, 15) is 4.79 Å². The largest absolute Gasteiger partial charge is 0.496 e. The lowest BCUT2D eigenvalue weighted by Crippen LogP contribution is -2.06. The van der Waals surface area contributed by atoms with Crippen molar-refractivity contribution in [1.82, 2.24) is 0 Å². The van der Waals surface area contributed by atoms with Crippen LogP contribution in [0.1, 0.15) is 36.5 Å². The van der Waals surface area contributed by atoms with E-state index in [0.717, 1.165) is 22.4 Å². The first-order chi connectivity index (χ1) is 12.1. The third-order valence-corrected chi connectivity index (χ3v) is 4.04. The monoisotopic (exact) mass is 335 g/mol. The first-order valence-electron chi connectivity index (χ1n) is 8.30. The first-order valence-corrected chi connectivity index (χ1v) is 8.30. The highest BCUT2D eigenvalue weighted by atomic mass is 16.6. The molecule has 25 heavy (non-hydrogen) atoms. The third-order valence-electron chi connectivity index (χ3n) is 4.04. The highest BCUT2D eigenvalue weighted by Gasteiger charge is 2.23. The molecule has 128 valence electrons. The van der Waals surface area contributed by atoms with E-state index in [2.05, 4.69) is 18.8 Å². The molecular weight excluding hydrogens is 314 g/mol. The summed E-state index contributed by atoms with van der Waals surface area (Å²) < 4.78 is 10.7. The molecule has 0 aliphatic carbocycles. The van der Waals surface area contributed by atoms with Crippen molar-refractivity contribution in [3.8, 4) is 5.75 Å². The van der Waals surface area contributed by atoms with Gasteiger partial charge < -0.3 is 9.47 Å². The van der Waals surface area contributed by atoms with E-state index < -0.39 is 5.97 Å². The normalized spacial score (nSPS) is 15.4. The minimum atomic E-state index is -0.409. The smallest absolute Gasteiger partial charge is 0.363 e. The molecule has 0 atom stereocenters. The van der Waals surface area contributed by atoms with Gasteiger partial charge in [-0.3, -0.25) is 0 Å². The summed E-state index contributed by atoms with van der Waals surface area (Å²) in [5, 5.41) is 0. The zero-order valence-corrected chi connectivity index (χ0v) is 14.7. The Hall–Kier alpha value is -2.88. The zero-order valence-electron chi connectivity index (χ0n) is 14.7. The molecule has 0 fully saturated rings. The molecule has 0 unspecified atom stereocenters. The van der Waals surface area contributed by atoms with Crippen LogP contribution >= 0.6 is 0 Å². The molecule has 0 saturated heterocycles. The van der Waals surface area contributed by atoms with Gasteiger partial charge in [0.2, 0.25) is 5.90 Å². The van der Waals surface area contributed by atoms with Crippen LogP contribution in [0.25, 0.3) is 6.08 Å². The molecule has 3 rings (SSSR count). The average molecular weight is 335 g/mol. The van der Waals surface area contributed by atoms with Crippen molar-refractivity contribution in [3.05, 3.63) is 70.9 Å². The molecule has 1 heterocycles. The molecule has 0 spiro atoms. The summed E-state index contributed by atoms with van der Waals surface area (Å²) in [6.45, 7) is 4.21. The standard InChI is InChI=1S/C21H21NO3/c1-14(2)17-11-16(9-10-19(17)24-3)12-18-21(23)25-20(22-18)13-15-7-5-4-6-8-15/h4-12,14H,13H2,1-3H3/b18-12+. The highest BCUT2D eigenvalue weighted by molar-refractivity contribution is 6.07. The third kappa shape index (κ3) is 3.97. The molecule has 0 saturated carbocycles. The van der Waals surface area contributed by atoms with E-state index in [4.69, 9.17) is 9.47 Å². The predicted molar refractivity (Wildman–Crippen MR) is 98.7 cm³/mol. The number of esters is 1. The summed E-state index contributed by atoms with van der Waals surface area (Å²) in [6, 6.07) is 15.7. The molecule has 0 radical (unpaired) electrons. The summed E-state index contributed by atoms with van der Waals surface area (Å²) in [4.78, 5) is 16.4. The number of methoxy groups -OCH3 is 1. The second-order valence-corrected chi connectivity index (χ2v) is 6.24. The van der Waals surface area contributed by atoms with Crippen LogP contribution in [0.3, 0.4) is 0 Å². The number of nitrogens with zero attached hydrogens (tertiary/aromatic N) is 1. The van der Waals surface area contributed by atoms with Crippen LogP contribution in [0.15, 0.2) is 59.2 Å². The van der Waals surface area contributed by atoms with Gasteiger partial charge in [-0.2, -0.15) is 0 Å². The number of carbonyl (C=O) groups is 1. The Bertz CT molecular complexity index is 835. The first kappa shape index (κ1) is 17.0. The second kappa shape index (κ2) is 7.34. The zero-order chi connectivity index (χ0) is 17.8. The van der Waals surface area contributed by atoms with Crippen LogP contribution < -0.4 is 4.74 Å². The van der Waals surface area contributed by atoms with Crippen molar-refractivity contribution in [2.45, 2.75) is 26.2 Å². The van der Waals surface area contributed by atoms with Gasteiger partial charge in [0, 0.05) is 6.42 Å². The summed E-state index contributed by atoms with van der Waals surface area (Å²) in [7, 11) is 1.66. The Morgan fingerprint density at radius 2 is 1.92 bits per heavy atom. The van der Waals surface area contributed by atoms with E-state index in [1.54, 1.807) is 13.2 Å². The van der Waals surface area contributed by atoms with Crippen LogP contribution in [-0.4, -0.2) is 19.0 Å². The van der Waals surface area contributed by atoms with Gasteiger partial charge in [0.05, 0.1) is 7.11 Å². The summed E-state index contributed by atoms with van der Waals surface area (Å²) >= 11 is 0. The molecule has 0 bridgehead atoms. The van der Waals surface area contributed by atoms with Crippen LogP contribution in [-0.2, 0) is 16.0 Å². The molecule has 0 aromatic heterocycles. The molecule has 1 aliphatic rings. The lowest BCUT2D eigenvalue weighted by atomic mass is 9.99. The molecular formula is C21H21NO3. The van der Waals surface area contributed by atoms with Crippen LogP contribution in [0, 0.1) is 0 Å². The van der Waals surface area contributed by atoms with Gasteiger partial charge in [0.15, 0.2) is 5.70 Å². The summed E-state index contributed by atoms with van der Waals surface area (Å²) in [5.74, 6) is 1.19. The van der Waals surface area contributed by atoms with E-state index in [1.165, 1.54) is 0 Å². The van der Waals surface area contributed by atoms with Crippen LogP contribution in [0.2, 0.25) is 0 Å². The van der Waals surface area contributed by atoms with E-state index in [-0.39, 0.29) is 0 Å². The van der Waals surface area contributed by atoms with Crippen LogP contribution in [0.5, 0.6) is 5.75 Å². The molecule has 0 amide bonds. The lowest BCUT2D eigenvalue weighted by Gasteiger charge is -2.12. The molecule has 4 heteroatoms. The number of hydrogen-bond acceptors (Lipinski definition) is 4. The highest BCUT2D eigenvalue weighted by Crippen LogP contribution is 2.28. The minimum absolute atomic E-state index is 0.320. The maximum atomic E-state index is 12.1. The van der Waals surface area contributed by atoms with Gasteiger partial charge in [-0.05, 0) is 40.8 Å². The Kier molecular flexibility index (Phi) is 4.98. The van der Waals surface area contributed by atoms with Crippen molar-refractivity contribution >= 4 is 17.9 Å². The minimum Gasteiger partial charge on any atom is -0.496 e. The van der Waals surface area contributed by atoms with Gasteiger partial charge in [-0.25, -0.2) is 9.79 Å². The molecule has 1 aliphatic heterocycles. The van der Waals surface area contributed by atoms with Crippen molar-refractivity contribution < 1.29 is 14.3 Å². The SMILES string of the molecule is COc1ccc(/C=C2/N=C(Cc3ccccc3)OC2=O)cc1C(C)C. The number of carbonyl (C=O) groups excluding carboxylic acids is 1. The molecule has 2 aromatic carbocycles. The second-order valence-electron chi connectivity index (χ2n) is 6.24. The lowest BCUT2D eigenvalue weighted by molar-refractivity contribution is -0.130. The predicted octanol–water partition coefficient (Wildman–Crippen LogP) is 4.36. The summed E-state index contributed by atoms with van der Waals surface area (Å²) in [6.07, 6.45) is 2.26. The number of ether oxygens (including phenoxy) is 2. The number of rotatable bonds is 5. The average Bonchev–Trinajstić information content (AvgIpc) is 2.94. The fraction of sp³-hybridized carbons (Fsp3) is 0.238. The maximum Gasteiger partial charge on any atom is 0.363 e. The van der Waals surface area contributed by atoms with Gasteiger partial charge in [0.25, 0.3) is 0 Å². The van der Waals surface area contributed by atoms with Gasteiger partial charge in [-0.15, -0.1) is 0 Å². The summed E-state index contributed by atoms with van der Waals surface area (Å²) in [5.41, 5.74) is 3.38. The fourth-order valence-electron chi connectivity index (χ4n) is 2.75. The number of aliphatic imine (C=N–C) groups is 1. The Morgan fingerprint density at radius 1 is 1.16 bits per heavy atom. The Morgan fingerprint density at radius 3 is 2.60 bits per heavy atom. The number of hydrogen-bond donors (Lipinski definition) is 0. The Balaban J connectivity index is 1.85. The maximum absolute atomic E-state index is 12.1. The fourth-order valence-corrected chi connectivity index (χ4v) is 2.75. The van der Waals surface area contributed by atoms with Gasteiger partial charge in [0.1, 0.15) is 5.75 Å². The Labute approximate surface area is 147 Å². The molecule has 4 nitrogen and oxygen atoms in total. The molecule has 0 N–H and O–H groups in total. The molecule has 2 aromatic rings. The van der Waals surface area contributed by atoms with Crippen molar-refractivity contribution in [3.63, 3.8) is 0 Å². The topological polar surface area (TPSA) is 47.9 Å². The quantitative estimate of drug-likeness (QED) is 0.602.